The maximum absolute atomic E-state index is 13.4. The second-order valence-corrected chi connectivity index (χ2v) is 9.60. The van der Waals surface area contributed by atoms with Gasteiger partial charge in [0, 0.05) is 25.8 Å². The molecule has 0 saturated carbocycles. The molecule has 2 saturated heterocycles. The van der Waals surface area contributed by atoms with Gasteiger partial charge in [0.1, 0.15) is 15.8 Å². The Bertz CT molecular complexity index is 1080. The molecule has 2 aromatic heterocycles. The molecule has 4 heterocycles. The van der Waals surface area contributed by atoms with Crippen LogP contribution in [0.4, 0.5) is 5.82 Å². The van der Waals surface area contributed by atoms with Gasteiger partial charge in [0.15, 0.2) is 0 Å². The highest BCUT2D eigenvalue weighted by molar-refractivity contribution is 8.26. The number of pyridine rings is 1. The predicted octanol–water partition coefficient (Wildman–Crippen LogP) is 3.46. The van der Waals surface area contributed by atoms with E-state index in [9.17, 15) is 9.59 Å². The Morgan fingerprint density at radius 1 is 1.28 bits per heavy atom. The minimum absolute atomic E-state index is 0.130. The zero-order valence-corrected chi connectivity index (χ0v) is 18.5. The Hall–Kier alpha value is -2.19. The van der Waals surface area contributed by atoms with Gasteiger partial charge in [-0.25, -0.2) is 4.98 Å². The van der Waals surface area contributed by atoms with Crippen LogP contribution in [0, 0.1) is 12.8 Å². The first-order valence-electron chi connectivity index (χ1n) is 9.89. The van der Waals surface area contributed by atoms with Crippen molar-refractivity contribution in [2.24, 2.45) is 5.92 Å². The van der Waals surface area contributed by atoms with Crippen LogP contribution in [0.2, 0.25) is 0 Å². The summed E-state index contributed by atoms with van der Waals surface area (Å²) in [6, 6.07) is 3.79. The molecule has 0 aromatic carbocycles. The molecule has 1 amide bonds. The van der Waals surface area contributed by atoms with Gasteiger partial charge < -0.3 is 4.90 Å². The zero-order chi connectivity index (χ0) is 20.7. The summed E-state index contributed by atoms with van der Waals surface area (Å²) in [7, 11) is 0. The van der Waals surface area contributed by atoms with E-state index in [2.05, 4.69) is 18.7 Å². The van der Waals surface area contributed by atoms with E-state index in [1.807, 2.05) is 19.1 Å². The van der Waals surface area contributed by atoms with Crippen LogP contribution in [0.3, 0.4) is 0 Å². The smallest absolute Gasteiger partial charge is 0.267 e. The molecule has 2 aliphatic rings. The first-order chi connectivity index (χ1) is 13.9. The number of carbonyl (C=O) groups is 1. The summed E-state index contributed by atoms with van der Waals surface area (Å²) in [6.07, 6.45) is 5.57. The van der Waals surface area contributed by atoms with Crippen molar-refractivity contribution < 1.29 is 4.79 Å². The number of hydrogen-bond acceptors (Lipinski definition) is 6. The largest absolute Gasteiger partial charge is 0.356 e. The summed E-state index contributed by atoms with van der Waals surface area (Å²) in [5.41, 5.74) is 1.90. The second kappa shape index (κ2) is 7.91. The molecule has 6 nitrogen and oxygen atoms in total. The summed E-state index contributed by atoms with van der Waals surface area (Å²) < 4.78 is 2.11. The summed E-state index contributed by atoms with van der Waals surface area (Å²) >= 11 is 6.68. The Balaban J connectivity index is 1.87. The van der Waals surface area contributed by atoms with Crippen LogP contribution < -0.4 is 10.5 Å². The van der Waals surface area contributed by atoms with Gasteiger partial charge in [-0.15, -0.1) is 0 Å². The third-order valence-corrected chi connectivity index (χ3v) is 6.54. The molecule has 2 aromatic rings. The maximum Gasteiger partial charge on any atom is 0.267 e. The van der Waals surface area contributed by atoms with Crippen molar-refractivity contribution in [3.05, 3.63) is 44.7 Å². The van der Waals surface area contributed by atoms with E-state index < -0.39 is 0 Å². The first-order valence-corrected chi connectivity index (χ1v) is 11.1. The molecule has 0 N–H and O–H groups in total. The number of aryl methyl sites for hydroxylation is 1. The predicted molar refractivity (Wildman–Crippen MR) is 122 cm³/mol. The van der Waals surface area contributed by atoms with E-state index in [1.165, 1.54) is 11.8 Å². The van der Waals surface area contributed by atoms with Crippen molar-refractivity contribution in [3.63, 3.8) is 0 Å². The van der Waals surface area contributed by atoms with Crippen molar-refractivity contribution in [3.8, 4) is 0 Å². The van der Waals surface area contributed by atoms with Gasteiger partial charge >= 0.3 is 0 Å². The third-order valence-electron chi connectivity index (χ3n) is 5.17. The maximum atomic E-state index is 13.4. The molecular weight excluding hydrogens is 404 g/mol. The van der Waals surface area contributed by atoms with Crippen molar-refractivity contribution in [1.29, 1.82) is 0 Å². The second-order valence-electron chi connectivity index (χ2n) is 7.92. The van der Waals surface area contributed by atoms with Gasteiger partial charge in [-0.3, -0.25) is 18.9 Å². The van der Waals surface area contributed by atoms with E-state index >= 15 is 0 Å². The third kappa shape index (κ3) is 3.71. The molecule has 0 unspecified atom stereocenters. The van der Waals surface area contributed by atoms with Crippen molar-refractivity contribution in [1.82, 2.24) is 14.3 Å². The number of thioether (sulfide) groups is 1. The van der Waals surface area contributed by atoms with Gasteiger partial charge in [0.25, 0.3) is 11.5 Å². The fraction of sp³-hybridized carbons (Fsp3) is 0.429. The number of amides is 1. The van der Waals surface area contributed by atoms with E-state index in [-0.39, 0.29) is 11.5 Å². The lowest BCUT2D eigenvalue weighted by molar-refractivity contribution is -0.122. The topological polar surface area (TPSA) is 57.9 Å². The SMILES string of the molecule is Cc1cccn2c(=O)c(/C=C3/SC(=S)N(CC(C)C)C3=O)c(N3CCCC3)nc12. The highest BCUT2D eigenvalue weighted by Crippen LogP contribution is 2.34. The van der Waals surface area contributed by atoms with Crippen LogP contribution in [0.1, 0.15) is 37.8 Å². The van der Waals surface area contributed by atoms with Crippen LogP contribution in [0.25, 0.3) is 11.7 Å². The molecule has 0 bridgehead atoms. The molecule has 29 heavy (non-hydrogen) atoms. The summed E-state index contributed by atoms with van der Waals surface area (Å²) in [5.74, 6) is 0.846. The quantitative estimate of drug-likeness (QED) is 0.549. The molecule has 8 heteroatoms. The van der Waals surface area contributed by atoms with Gasteiger partial charge in [0.2, 0.25) is 0 Å². The number of anilines is 1. The Morgan fingerprint density at radius 3 is 2.69 bits per heavy atom. The number of nitrogens with zero attached hydrogens (tertiary/aromatic N) is 4. The van der Waals surface area contributed by atoms with Crippen LogP contribution in [0.15, 0.2) is 28.0 Å². The van der Waals surface area contributed by atoms with Crippen LogP contribution >= 0.6 is 24.0 Å². The fourth-order valence-electron chi connectivity index (χ4n) is 3.75. The summed E-state index contributed by atoms with van der Waals surface area (Å²) in [6.45, 7) is 8.36. The van der Waals surface area contributed by atoms with Gasteiger partial charge in [-0.2, -0.15) is 0 Å². The average molecular weight is 429 g/mol. The molecular formula is C21H24N4O2S2. The molecule has 2 aliphatic heterocycles. The average Bonchev–Trinajstić information content (AvgIpc) is 3.29. The normalized spacial score (nSPS) is 18.8. The molecule has 0 atom stereocenters. The van der Waals surface area contributed by atoms with Gasteiger partial charge in [0.05, 0.1) is 10.5 Å². The highest BCUT2D eigenvalue weighted by Gasteiger charge is 2.33. The minimum atomic E-state index is -0.158. The highest BCUT2D eigenvalue weighted by atomic mass is 32.2. The van der Waals surface area contributed by atoms with E-state index in [0.717, 1.165) is 31.5 Å². The Kier molecular flexibility index (Phi) is 5.48. The van der Waals surface area contributed by atoms with E-state index in [0.29, 0.717) is 38.7 Å². The van der Waals surface area contributed by atoms with Gasteiger partial charge in [-0.1, -0.05) is 43.9 Å². The standard InChI is InChI=1S/C21H24N4O2S2/c1-13(2)12-25-20(27)16(29-21(25)28)11-15-18(23-8-4-5-9-23)22-17-14(3)7-6-10-24(17)19(15)26/h6-7,10-11,13H,4-5,8-9,12H2,1-3H3/b16-11+. The first kappa shape index (κ1) is 20.1. The fourth-order valence-corrected chi connectivity index (χ4v) is 5.01. The van der Waals surface area contributed by atoms with Crippen LogP contribution in [-0.4, -0.2) is 44.1 Å². The lowest BCUT2D eigenvalue weighted by Gasteiger charge is -2.20. The van der Waals surface area contributed by atoms with Crippen molar-refractivity contribution in [2.75, 3.05) is 24.5 Å². The number of thiocarbonyl (C=S) groups is 1. The Morgan fingerprint density at radius 2 is 2.00 bits per heavy atom. The van der Waals surface area contributed by atoms with Crippen molar-refractivity contribution in [2.45, 2.75) is 33.6 Å². The van der Waals surface area contributed by atoms with Crippen LogP contribution in [-0.2, 0) is 4.79 Å². The molecule has 152 valence electrons. The van der Waals surface area contributed by atoms with Gasteiger partial charge in [-0.05, 0) is 43.4 Å². The summed E-state index contributed by atoms with van der Waals surface area (Å²) in [4.78, 5) is 35.4. The molecule has 0 aliphatic carbocycles. The molecule has 2 fully saturated rings. The van der Waals surface area contributed by atoms with E-state index in [4.69, 9.17) is 17.2 Å². The number of hydrogen-bond donors (Lipinski definition) is 0. The lowest BCUT2D eigenvalue weighted by atomic mass is 10.2. The molecule has 4 rings (SSSR count). The lowest BCUT2D eigenvalue weighted by Crippen LogP contribution is -2.31. The van der Waals surface area contributed by atoms with Crippen LogP contribution in [0.5, 0.6) is 0 Å². The number of aromatic nitrogens is 2. The number of rotatable bonds is 4. The van der Waals surface area contributed by atoms with E-state index in [1.54, 1.807) is 21.6 Å². The van der Waals surface area contributed by atoms with Crippen molar-refractivity contribution >= 4 is 51.7 Å². The zero-order valence-electron chi connectivity index (χ0n) is 16.8. The number of carbonyl (C=O) groups excluding carboxylic acids is 1. The number of fused-ring (bicyclic) bond motifs is 1. The minimum Gasteiger partial charge on any atom is -0.356 e. The molecule has 0 spiro atoms. The Labute approximate surface area is 179 Å². The summed E-state index contributed by atoms with van der Waals surface area (Å²) in [5, 5.41) is 0. The molecule has 0 radical (unpaired) electrons. The monoisotopic (exact) mass is 428 g/mol.